The van der Waals surface area contributed by atoms with E-state index in [0.717, 1.165) is 24.4 Å². The summed E-state index contributed by atoms with van der Waals surface area (Å²) in [5, 5.41) is 3.07. The van der Waals surface area contributed by atoms with Gasteiger partial charge in [0.15, 0.2) is 6.61 Å². The highest BCUT2D eigenvalue weighted by Crippen LogP contribution is 2.24. The summed E-state index contributed by atoms with van der Waals surface area (Å²) in [5.41, 5.74) is 3.64. The van der Waals surface area contributed by atoms with Crippen molar-refractivity contribution >= 4 is 5.91 Å². The Balaban J connectivity index is 1.58. The molecular formula is C23H30N2O2. The number of nitrogens with zero attached hydrogens (tertiary/aromatic N) is 1. The van der Waals surface area contributed by atoms with Gasteiger partial charge in [-0.25, -0.2) is 0 Å². The molecule has 1 N–H and O–H groups in total. The number of hydrogen-bond donors (Lipinski definition) is 1. The lowest BCUT2D eigenvalue weighted by molar-refractivity contribution is -0.123. The Morgan fingerprint density at radius 2 is 1.78 bits per heavy atom. The van der Waals surface area contributed by atoms with Gasteiger partial charge in [-0.1, -0.05) is 48.4 Å². The summed E-state index contributed by atoms with van der Waals surface area (Å²) in [4.78, 5) is 14.8. The number of carbonyl (C=O) groups excluding carboxylic acids is 1. The van der Waals surface area contributed by atoms with Gasteiger partial charge in [-0.2, -0.15) is 0 Å². The molecule has 0 aliphatic carbocycles. The number of rotatable bonds is 7. The van der Waals surface area contributed by atoms with Gasteiger partial charge in [0.25, 0.3) is 5.91 Å². The van der Waals surface area contributed by atoms with Gasteiger partial charge in [-0.15, -0.1) is 0 Å². The first kappa shape index (κ1) is 19.4. The SMILES string of the molecule is Cc1ccc(C(CNC(=O)COc2cccc(C)c2)N2CCCCC2)cc1. The van der Waals surface area contributed by atoms with Crippen molar-refractivity contribution in [3.8, 4) is 5.75 Å². The van der Waals surface area contributed by atoms with E-state index < -0.39 is 0 Å². The molecule has 2 aromatic carbocycles. The quantitative estimate of drug-likeness (QED) is 0.804. The molecule has 1 atom stereocenters. The summed E-state index contributed by atoms with van der Waals surface area (Å²) in [5.74, 6) is 0.655. The van der Waals surface area contributed by atoms with Crippen LogP contribution in [0.4, 0.5) is 0 Å². The fourth-order valence-electron chi connectivity index (χ4n) is 3.59. The van der Waals surface area contributed by atoms with Crippen LogP contribution in [0.25, 0.3) is 0 Å². The van der Waals surface area contributed by atoms with Crippen LogP contribution in [0.2, 0.25) is 0 Å². The van der Waals surface area contributed by atoms with E-state index in [1.807, 2.05) is 31.2 Å². The minimum atomic E-state index is -0.0781. The molecule has 1 amide bonds. The number of amides is 1. The van der Waals surface area contributed by atoms with E-state index in [2.05, 4.69) is 41.4 Å². The number of likely N-dealkylation sites (tertiary alicyclic amines) is 1. The van der Waals surface area contributed by atoms with Crippen LogP contribution in [0.5, 0.6) is 5.75 Å². The van der Waals surface area contributed by atoms with E-state index in [9.17, 15) is 4.79 Å². The Morgan fingerprint density at radius 1 is 1.04 bits per heavy atom. The van der Waals surface area contributed by atoms with Gasteiger partial charge in [0.1, 0.15) is 5.75 Å². The first-order chi connectivity index (χ1) is 13.1. The fraction of sp³-hybridized carbons (Fsp3) is 0.435. The average Bonchev–Trinajstić information content (AvgIpc) is 2.69. The molecule has 0 aromatic heterocycles. The van der Waals surface area contributed by atoms with Crippen molar-refractivity contribution < 1.29 is 9.53 Å². The predicted octanol–water partition coefficient (Wildman–Crippen LogP) is 4.03. The van der Waals surface area contributed by atoms with Gasteiger partial charge < -0.3 is 10.1 Å². The van der Waals surface area contributed by atoms with Gasteiger partial charge in [-0.3, -0.25) is 9.69 Å². The third-order valence-corrected chi connectivity index (χ3v) is 5.15. The van der Waals surface area contributed by atoms with Crippen molar-refractivity contribution in [1.82, 2.24) is 10.2 Å². The number of hydrogen-bond acceptors (Lipinski definition) is 3. The zero-order valence-corrected chi connectivity index (χ0v) is 16.4. The lowest BCUT2D eigenvalue weighted by Gasteiger charge is -2.35. The number of ether oxygens (including phenoxy) is 1. The van der Waals surface area contributed by atoms with E-state index >= 15 is 0 Å². The molecule has 1 fully saturated rings. The molecule has 0 spiro atoms. The maximum atomic E-state index is 12.3. The van der Waals surface area contributed by atoms with Crippen molar-refractivity contribution in [2.45, 2.75) is 39.2 Å². The van der Waals surface area contributed by atoms with Crippen molar-refractivity contribution in [3.63, 3.8) is 0 Å². The molecule has 1 heterocycles. The Labute approximate surface area is 162 Å². The van der Waals surface area contributed by atoms with Crippen LogP contribution < -0.4 is 10.1 Å². The maximum Gasteiger partial charge on any atom is 0.258 e. The molecular weight excluding hydrogens is 336 g/mol. The molecule has 27 heavy (non-hydrogen) atoms. The topological polar surface area (TPSA) is 41.6 Å². The van der Waals surface area contributed by atoms with Crippen molar-refractivity contribution in [1.29, 1.82) is 0 Å². The summed E-state index contributed by atoms with van der Waals surface area (Å²) in [6.45, 7) is 6.95. The summed E-state index contributed by atoms with van der Waals surface area (Å²) < 4.78 is 5.62. The molecule has 4 nitrogen and oxygen atoms in total. The molecule has 3 rings (SSSR count). The average molecular weight is 367 g/mol. The van der Waals surface area contributed by atoms with E-state index in [0.29, 0.717) is 6.54 Å². The number of carbonyl (C=O) groups is 1. The third kappa shape index (κ3) is 5.83. The second-order valence-corrected chi connectivity index (χ2v) is 7.43. The molecule has 0 saturated carbocycles. The van der Waals surface area contributed by atoms with Gasteiger partial charge in [0.05, 0.1) is 6.04 Å². The van der Waals surface area contributed by atoms with Crippen LogP contribution in [0.1, 0.15) is 42.0 Å². The molecule has 1 aliphatic heterocycles. The van der Waals surface area contributed by atoms with E-state index in [1.54, 1.807) is 0 Å². The third-order valence-electron chi connectivity index (χ3n) is 5.15. The Bertz CT molecular complexity index is 736. The normalized spacial score (nSPS) is 15.9. The summed E-state index contributed by atoms with van der Waals surface area (Å²) in [6.07, 6.45) is 3.76. The lowest BCUT2D eigenvalue weighted by Crippen LogP contribution is -2.41. The monoisotopic (exact) mass is 366 g/mol. The Kier molecular flexibility index (Phi) is 6.88. The zero-order chi connectivity index (χ0) is 19.1. The number of aryl methyl sites for hydroxylation is 2. The molecule has 2 aromatic rings. The van der Waals surface area contributed by atoms with Crippen LogP contribution in [-0.2, 0) is 4.79 Å². The minimum absolute atomic E-state index is 0.0457. The van der Waals surface area contributed by atoms with Crippen LogP contribution in [0.15, 0.2) is 48.5 Å². The molecule has 1 saturated heterocycles. The van der Waals surface area contributed by atoms with E-state index in [4.69, 9.17) is 4.74 Å². The number of piperidine rings is 1. The molecule has 144 valence electrons. The number of benzene rings is 2. The predicted molar refractivity (Wildman–Crippen MR) is 109 cm³/mol. The highest BCUT2D eigenvalue weighted by Gasteiger charge is 2.22. The van der Waals surface area contributed by atoms with Crippen molar-refractivity contribution in [2.75, 3.05) is 26.2 Å². The summed E-state index contributed by atoms with van der Waals surface area (Å²) in [7, 11) is 0. The van der Waals surface area contributed by atoms with Crippen LogP contribution in [0.3, 0.4) is 0 Å². The first-order valence-electron chi connectivity index (χ1n) is 9.88. The van der Waals surface area contributed by atoms with Gasteiger partial charge in [0, 0.05) is 6.54 Å². The van der Waals surface area contributed by atoms with E-state index in [1.165, 1.54) is 30.4 Å². The maximum absolute atomic E-state index is 12.3. The largest absolute Gasteiger partial charge is 0.484 e. The van der Waals surface area contributed by atoms with Gasteiger partial charge >= 0.3 is 0 Å². The molecule has 0 bridgehead atoms. The standard InChI is InChI=1S/C23H30N2O2/c1-18-9-11-20(12-10-18)22(25-13-4-3-5-14-25)16-24-23(26)17-27-21-8-6-7-19(2)15-21/h6-12,15,22H,3-5,13-14,16-17H2,1-2H3,(H,24,26). The van der Waals surface area contributed by atoms with Gasteiger partial charge in [0.2, 0.25) is 0 Å². The molecule has 1 aliphatic rings. The van der Waals surface area contributed by atoms with Crippen LogP contribution in [0, 0.1) is 13.8 Å². The highest BCUT2D eigenvalue weighted by molar-refractivity contribution is 5.77. The smallest absolute Gasteiger partial charge is 0.258 e. The number of nitrogens with one attached hydrogen (secondary N) is 1. The van der Waals surface area contributed by atoms with Crippen LogP contribution in [-0.4, -0.2) is 37.0 Å². The molecule has 4 heteroatoms. The lowest BCUT2D eigenvalue weighted by atomic mass is 10.0. The zero-order valence-electron chi connectivity index (χ0n) is 16.4. The fourth-order valence-corrected chi connectivity index (χ4v) is 3.59. The second-order valence-electron chi connectivity index (χ2n) is 7.43. The Hall–Kier alpha value is -2.33. The molecule has 1 unspecified atom stereocenters. The van der Waals surface area contributed by atoms with Gasteiger partial charge in [-0.05, 0) is 63.0 Å². The second kappa shape index (κ2) is 9.56. The minimum Gasteiger partial charge on any atom is -0.484 e. The van der Waals surface area contributed by atoms with Crippen LogP contribution >= 0.6 is 0 Å². The summed E-state index contributed by atoms with van der Waals surface area (Å²) in [6, 6.07) is 16.6. The summed E-state index contributed by atoms with van der Waals surface area (Å²) >= 11 is 0. The highest BCUT2D eigenvalue weighted by atomic mass is 16.5. The first-order valence-corrected chi connectivity index (χ1v) is 9.88. The van der Waals surface area contributed by atoms with E-state index in [-0.39, 0.29) is 18.6 Å². The van der Waals surface area contributed by atoms with Crippen molar-refractivity contribution in [3.05, 3.63) is 65.2 Å². The van der Waals surface area contributed by atoms with Crippen molar-refractivity contribution in [2.24, 2.45) is 0 Å². The molecule has 0 radical (unpaired) electrons. The Morgan fingerprint density at radius 3 is 2.48 bits per heavy atom.